The molecule has 0 fully saturated rings. The molecular formula is C14H27N5. The highest BCUT2D eigenvalue weighted by molar-refractivity contribution is 5.57. The third-order valence-electron chi connectivity index (χ3n) is 3.36. The van der Waals surface area contributed by atoms with Crippen molar-refractivity contribution in [2.45, 2.75) is 39.7 Å². The molecule has 0 aliphatic rings. The van der Waals surface area contributed by atoms with Gasteiger partial charge >= 0.3 is 0 Å². The minimum atomic E-state index is 0.319. The molecular weight excluding hydrogens is 238 g/mol. The highest BCUT2D eigenvalue weighted by Gasteiger charge is 2.13. The molecule has 0 aromatic carbocycles. The van der Waals surface area contributed by atoms with Crippen LogP contribution in [-0.4, -0.2) is 48.6 Å². The third-order valence-corrected chi connectivity index (χ3v) is 3.36. The Kier molecular flexibility index (Phi) is 5.54. The quantitative estimate of drug-likeness (QED) is 0.826. The highest BCUT2D eigenvalue weighted by Crippen LogP contribution is 2.22. The Morgan fingerprint density at radius 3 is 2.16 bits per heavy atom. The maximum Gasteiger partial charge on any atom is 0.135 e. The molecule has 0 aliphatic heterocycles. The van der Waals surface area contributed by atoms with E-state index in [4.69, 9.17) is 0 Å². The summed E-state index contributed by atoms with van der Waals surface area (Å²) in [5.41, 5.74) is 1.07. The van der Waals surface area contributed by atoms with Crippen molar-refractivity contribution in [2.75, 3.05) is 38.3 Å². The summed E-state index contributed by atoms with van der Waals surface area (Å²) in [7, 11) is 6.06. The Balaban J connectivity index is 2.95. The van der Waals surface area contributed by atoms with Crippen LogP contribution in [0.5, 0.6) is 0 Å². The Hall–Kier alpha value is -1.36. The summed E-state index contributed by atoms with van der Waals surface area (Å²) < 4.78 is 0. The van der Waals surface area contributed by atoms with Crippen molar-refractivity contribution in [1.82, 2.24) is 14.9 Å². The smallest absolute Gasteiger partial charge is 0.135 e. The van der Waals surface area contributed by atoms with Crippen molar-refractivity contribution in [3.8, 4) is 0 Å². The standard InChI is InChI=1S/C14H27N5/c1-9(2)12-17-13(15-5)11(4)14(18-12)16-8-10(3)19(6)7/h9-10H,8H2,1-7H3,(H2,15,16,17,18). The molecule has 1 unspecified atom stereocenters. The summed E-state index contributed by atoms with van der Waals surface area (Å²) in [4.78, 5) is 11.4. The van der Waals surface area contributed by atoms with Gasteiger partial charge in [0.2, 0.25) is 0 Å². The molecule has 0 saturated heterocycles. The molecule has 19 heavy (non-hydrogen) atoms. The second kappa shape index (κ2) is 6.70. The summed E-state index contributed by atoms with van der Waals surface area (Å²) in [6.07, 6.45) is 0. The van der Waals surface area contributed by atoms with Gasteiger partial charge in [0.1, 0.15) is 17.5 Å². The van der Waals surface area contributed by atoms with E-state index in [1.165, 1.54) is 0 Å². The summed E-state index contributed by atoms with van der Waals surface area (Å²) in [6.45, 7) is 9.31. The van der Waals surface area contributed by atoms with Crippen molar-refractivity contribution >= 4 is 11.6 Å². The average Bonchev–Trinajstić information content (AvgIpc) is 2.36. The molecule has 0 amide bonds. The van der Waals surface area contributed by atoms with Gasteiger partial charge in [0, 0.05) is 31.1 Å². The van der Waals surface area contributed by atoms with E-state index < -0.39 is 0 Å². The van der Waals surface area contributed by atoms with Crippen LogP contribution in [0.1, 0.15) is 38.1 Å². The zero-order valence-electron chi connectivity index (χ0n) is 13.2. The fourth-order valence-corrected chi connectivity index (χ4v) is 1.63. The van der Waals surface area contributed by atoms with Crippen LogP contribution in [0.15, 0.2) is 0 Å². The molecule has 2 N–H and O–H groups in total. The summed E-state index contributed by atoms with van der Waals surface area (Å²) in [6, 6.07) is 0.454. The van der Waals surface area contributed by atoms with Crippen LogP contribution in [0.2, 0.25) is 0 Å². The third kappa shape index (κ3) is 4.06. The maximum atomic E-state index is 4.63. The molecule has 0 radical (unpaired) electrons. The first kappa shape index (κ1) is 15.7. The maximum absolute atomic E-state index is 4.63. The van der Waals surface area contributed by atoms with E-state index in [0.717, 1.165) is 29.6 Å². The number of aromatic nitrogens is 2. The van der Waals surface area contributed by atoms with Crippen LogP contribution in [-0.2, 0) is 0 Å². The van der Waals surface area contributed by atoms with Gasteiger partial charge in [0.15, 0.2) is 0 Å². The van der Waals surface area contributed by atoms with Crippen molar-refractivity contribution in [3.05, 3.63) is 11.4 Å². The first-order chi connectivity index (χ1) is 8.86. The minimum absolute atomic E-state index is 0.319. The van der Waals surface area contributed by atoms with E-state index in [0.29, 0.717) is 12.0 Å². The van der Waals surface area contributed by atoms with Gasteiger partial charge in [-0.1, -0.05) is 13.8 Å². The van der Waals surface area contributed by atoms with Crippen LogP contribution < -0.4 is 10.6 Å². The number of anilines is 2. The van der Waals surface area contributed by atoms with Crippen molar-refractivity contribution in [3.63, 3.8) is 0 Å². The number of hydrogen-bond donors (Lipinski definition) is 2. The summed E-state index contributed by atoms with van der Waals surface area (Å²) >= 11 is 0. The minimum Gasteiger partial charge on any atom is -0.373 e. The second-order valence-electron chi connectivity index (χ2n) is 5.50. The van der Waals surface area contributed by atoms with Gasteiger partial charge in [-0.25, -0.2) is 9.97 Å². The molecule has 108 valence electrons. The van der Waals surface area contributed by atoms with Gasteiger partial charge < -0.3 is 15.5 Å². The molecule has 1 rings (SSSR count). The molecule has 0 aliphatic carbocycles. The lowest BCUT2D eigenvalue weighted by Crippen LogP contribution is -2.32. The lowest BCUT2D eigenvalue weighted by Gasteiger charge is -2.22. The number of rotatable bonds is 6. The fraction of sp³-hybridized carbons (Fsp3) is 0.714. The zero-order valence-corrected chi connectivity index (χ0v) is 13.2. The molecule has 5 heteroatoms. The van der Waals surface area contributed by atoms with Gasteiger partial charge in [-0.3, -0.25) is 0 Å². The molecule has 0 saturated carbocycles. The molecule has 5 nitrogen and oxygen atoms in total. The molecule has 1 atom stereocenters. The zero-order chi connectivity index (χ0) is 14.6. The van der Waals surface area contributed by atoms with E-state index in [1.807, 2.05) is 14.0 Å². The van der Waals surface area contributed by atoms with Crippen LogP contribution in [0.4, 0.5) is 11.6 Å². The Morgan fingerprint density at radius 2 is 1.68 bits per heavy atom. The first-order valence-corrected chi connectivity index (χ1v) is 6.83. The van der Waals surface area contributed by atoms with Gasteiger partial charge in [0.25, 0.3) is 0 Å². The summed E-state index contributed by atoms with van der Waals surface area (Å²) in [5.74, 6) is 3.02. The van der Waals surface area contributed by atoms with Crippen LogP contribution >= 0.6 is 0 Å². The fourth-order valence-electron chi connectivity index (χ4n) is 1.63. The molecule has 1 heterocycles. The molecule has 1 aromatic rings. The SMILES string of the molecule is CNc1nc(C(C)C)nc(NCC(C)N(C)C)c1C. The van der Waals surface area contributed by atoms with Crippen molar-refractivity contribution in [2.24, 2.45) is 0 Å². The van der Waals surface area contributed by atoms with Crippen molar-refractivity contribution in [1.29, 1.82) is 0 Å². The van der Waals surface area contributed by atoms with Gasteiger partial charge in [-0.2, -0.15) is 0 Å². The highest BCUT2D eigenvalue weighted by atomic mass is 15.1. The van der Waals surface area contributed by atoms with Gasteiger partial charge in [-0.05, 0) is 27.9 Å². The number of likely N-dealkylation sites (N-methyl/N-ethyl adjacent to an activating group) is 1. The average molecular weight is 265 g/mol. The number of hydrogen-bond acceptors (Lipinski definition) is 5. The summed E-state index contributed by atoms with van der Waals surface area (Å²) in [5, 5.41) is 6.57. The van der Waals surface area contributed by atoms with E-state index in [2.05, 4.69) is 60.4 Å². The van der Waals surface area contributed by atoms with E-state index in [-0.39, 0.29) is 0 Å². The van der Waals surface area contributed by atoms with E-state index in [9.17, 15) is 0 Å². The number of nitrogens with one attached hydrogen (secondary N) is 2. The monoisotopic (exact) mass is 265 g/mol. The van der Waals surface area contributed by atoms with E-state index >= 15 is 0 Å². The van der Waals surface area contributed by atoms with Crippen molar-refractivity contribution < 1.29 is 0 Å². The van der Waals surface area contributed by atoms with E-state index in [1.54, 1.807) is 0 Å². The Labute approximate surface area is 116 Å². The van der Waals surface area contributed by atoms with Gasteiger partial charge in [0.05, 0.1) is 0 Å². The Bertz CT molecular complexity index is 415. The Morgan fingerprint density at radius 1 is 1.11 bits per heavy atom. The van der Waals surface area contributed by atoms with Crippen LogP contribution in [0.3, 0.4) is 0 Å². The predicted molar refractivity (Wildman–Crippen MR) is 82.0 cm³/mol. The second-order valence-corrected chi connectivity index (χ2v) is 5.50. The largest absolute Gasteiger partial charge is 0.373 e. The molecule has 0 spiro atoms. The molecule has 1 aromatic heterocycles. The normalized spacial score (nSPS) is 12.9. The first-order valence-electron chi connectivity index (χ1n) is 6.83. The van der Waals surface area contributed by atoms with Crippen LogP contribution in [0.25, 0.3) is 0 Å². The van der Waals surface area contributed by atoms with Gasteiger partial charge in [-0.15, -0.1) is 0 Å². The topological polar surface area (TPSA) is 53.1 Å². The number of nitrogens with zero attached hydrogens (tertiary/aromatic N) is 3. The molecule has 0 bridgehead atoms. The lowest BCUT2D eigenvalue weighted by atomic mass is 10.2. The predicted octanol–water partition coefficient (Wildman–Crippen LogP) is 2.31. The lowest BCUT2D eigenvalue weighted by molar-refractivity contribution is 0.326. The van der Waals surface area contributed by atoms with Crippen LogP contribution in [0, 0.1) is 6.92 Å².